The van der Waals surface area contributed by atoms with Gasteiger partial charge in [0, 0.05) is 12.1 Å². The third-order valence-corrected chi connectivity index (χ3v) is 3.73. The summed E-state index contributed by atoms with van der Waals surface area (Å²) >= 11 is 0. The Morgan fingerprint density at radius 2 is 2.14 bits per heavy atom. The lowest BCUT2D eigenvalue weighted by Crippen LogP contribution is -2.21. The maximum absolute atomic E-state index is 11.3. The Labute approximate surface area is 129 Å². The molecule has 0 atom stereocenters. The van der Waals surface area contributed by atoms with Crippen molar-refractivity contribution in [3.8, 4) is 5.69 Å². The highest BCUT2D eigenvalue weighted by molar-refractivity contribution is 5.89. The molecular formula is C16H19N5O. The SMILES string of the molecule is Cc1c(C2=CCNCC2)nn(-c2ccccc2)c1NC(N)=O. The monoisotopic (exact) mass is 297 g/mol. The Kier molecular flexibility index (Phi) is 3.93. The van der Waals surface area contributed by atoms with Crippen molar-refractivity contribution in [2.75, 3.05) is 18.4 Å². The molecule has 1 aliphatic heterocycles. The minimum absolute atomic E-state index is 0.592. The topological polar surface area (TPSA) is 85.0 Å². The van der Waals surface area contributed by atoms with Crippen LogP contribution in [0.25, 0.3) is 11.3 Å². The Morgan fingerprint density at radius 3 is 2.77 bits per heavy atom. The lowest BCUT2D eigenvalue weighted by molar-refractivity contribution is 0.259. The summed E-state index contributed by atoms with van der Waals surface area (Å²) in [4.78, 5) is 11.3. The molecule has 0 unspecified atom stereocenters. The van der Waals surface area contributed by atoms with Crippen LogP contribution in [0, 0.1) is 6.92 Å². The minimum Gasteiger partial charge on any atom is -0.351 e. The summed E-state index contributed by atoms with van der Waals surface area (Å²) in [5.41, 5.74) is 9.23. The number of urea groups is 1. The quantitative estimate of drug-likeness (QED) is 0.810. The first-order valence-corrected chi connectivity index (χ1v) is 7.28. The van der Waals surface area contributed by atoms with Gasteiger partial charge >= 0.3 is 6.03 Å². The number of carbonyl (C=O) groups excluding carboxylic acids is 1. The standard InChI is InChI=1S/C16H19N5O/c1-11-14(12-7-9-18-10-8-12)20-21(15(11)19-16(17)22)13-5-3-2-4-6-13/h2-7,18H,8-10H2,1H3,(H3,17,19,22). The van der Waals surface area contributed by atoms with E-state index in [0.29, 0.717) is 5.82 Å². The Hall–Kier alpha value is -2.60. The van der Waals surface area contributed by atoms with Gasteiger partial charge in [0.25, 0.3) is 0 Å². The van der Waals surface area contributed by atoms with Gasteiger partial charge in [0.15, 0.2) is 0 Å². The molecule has 6 nitrogen and oxygen atoms in total. The molecule has 3 rings (SSSR count). The molecule has 0 bridgehead atoms. The molecule has 1 aromatic carbocycles. The molecule has 114 valence electrons. The minimum atomic E-state index is -0.592. The first-order valence-electron chi connectivity index (χ1n) is 7.28. The van der Waals surface area contributed by atoms with Crippen molar-refractivity contribution < 1.29 is 4.79 Å². The van der Waals surface area contributed by atoms with E-state index >= 15 is 0 Å². The van der Waals surface area contributed by atoms with E-state index in [2.05, 4.69) is 16.7 Å². The number of carbonyl (C=O) groups is 1. The summed E-state index contributed by atoms with van der Waals surface area (Å²) < 4.78 is 1.73. The molecular weight excluding hydrogens is 278 g/mol. The first-order chi connectivity index (χ1) is 10.7. The third kappa shape index (κ3) is 2.73. The highest BCUT2D eigenvalue weighted by atomic mass is 16.2. The van der Waals surface area contributed by atoms with Crippen LogP contribution in [0.2, 0.25) is 0 Å². The average molecular weight is 297 g/mol. The summed E-state index contributed by atoms with van der Waals surface area (Å²) in [6.45, 7) is 3.73. The van der Waals surface area contributed by atoms with Crippen LogP contribution in [0.4, 0.5) is 10.6 Å². The van der Waals surface area contributed by atoms with E-state index in [0.717, 1.165) is 36.5 Å². The lowest BCUT2D eigenvalue weighted by atomic mass is 10.0. The van der Waals surface area contributed by atoms with Crippen molar-refractivity contribution in [1.29, 1.82) is 0 Å². The van der Waals surface area contributed by atoms with E-state index in [4.69, 9.17) is 10.8 Å². The van der Waals surface area contributed by atoms with Gasteiger partial charge in [0.05, 0.1) is 11.4 Å². The fraction of sp³-hybridized carbons (Fsp3) is 0.250. The maximum atomic E-state index is 11.3. The normalized spacial score (nSPS) is 14.5. The fourth-order valence-electron chi connectivity index (χ4n) is 2.66. The fourth-order valence-corrected chi connectivity index (χ4v) is 2.66. The number of nitrogens with one attached hydrogen (secondary N) is 2. The molecule has 0 spiro atoms. The molecule has 1 aliphatic rings. The number of primary amides is 1. The zero-order valence-electron chi connectivity index (χ0n) is 12.5. The largest absolute Gasteiger partial charge is 0.351 e. The summed E-state index contributed by atoms with van der Waals surface area (Å²) in [7, 11) is 0. The van der Waals surface area contributed by atoms with Crippen LogP contribution in [0.1, 0.15) is 17.7 Å². The molecule has 0 saturated carbocycles. The van der Waals surface area contributed by atoms with Gasteiger partial charge in [-0.15, -0.1) is 0 Å². The summed E-state index contributed by atoms with van der Waals surface area (Å²) in [5.74, 6) is 0.619. The number of anilines is 1. The van der Waals surface area contributed by atoms with Gasteiger partial charge in [-0.05, 0) is 37.6 Å². The summed E-state index contributed by atoms with van der Waals surface area (Å²) in [6.07, 6.45) is 3.06. The van der Waals surface area contributed by atoms with Gasteiger partial charge in [-0.2, -0.15) is 5.10 Å². The molecule has 2 aromatic rings. The van der Waals surface area contributed by atoms with Crippen molar-refractivity contribution in [3.05, 3.63) is 47.7 Å². The van der Waals surface area contributed by atoms with Crippen LogP contribution in [0.15, 0.2) is 36.4 Å². The van der Waals surface area contributed by atoms with Gasteiger partial charge in [-0.25, -0.2) is 9.48 Å². The van der Waals surface area contributed by atoms with Crippen LogP contribution in [0.5, 0.6) is 0 Å². The van der Waals surface area contributed by atoms with Crippen LogP contribution >= 0.6 is 0 Å². The van der Waals surface area contributed by atoms with Crippen LogP contribution in [-0.2, 0) is 0 Å². The van der Waals surface area contributed by atoms with E-state index in [1.807, 2.05) is 37.3 Å². The van der Waals surface area contributed by atoms with Crippen molar-refractivity contribution >= 4 is 17.4 Å². The number of rotatable bonds is 3. The highest BCUT2D eigenvalue weighted by Crippen LogP contribution is 2.29. The summed E-state index contributed by atoms with van der Waals surface area (Å²) in [5, 5.41) is 10.7. The number of nitrogens with zero attached hydrogens (tertiary/aromatic N) is 2. The lowest BCUT2D eigenvalue weighted by Gasteiger charge is -2.12. The molecule has 1 aromatic heterocycles. The van der Waals surface area contributed by atoms with Crippen LogP contribution in [-0.4, -0.2) is 28.9 Å². The van der Waals surface area contributed by atoms with E-state index in [1.54, 1.807) is 4.68 Å². The Morgan fingerprint density at radius 1 is 1.36 bits per heavy atom. The van der Waals surface area contributed by atoms with E-state index < -0.39 is 6.03 Å². The van der Waals surface area contributed by atoms with Crippen LogP contribution < -0.4 is 16.4 Å². The van der Waals surface area contributed by atoms with Crippen molar-refractivity contribution in [3.63, 3.8) is 0 Å². The molecule has 2 amide bonds. The van der Waals surface area contributed by atoms with Gasteiger partial charge < -0.3 is 11.1 Å². The van der Waals surface area contributed by atoms with Gasteiger partial charge in [0.2, 0.25) is 0 Å². The molecule has 0 fully saturated rings. The van der Waals surface area contributed by atoms with Crippen LogP contribution in [0.3, 0.4) is 0 Å². The number of aromatic nitrogens is 2. The van der Waals surface area contributed by atoms with Gasteiger partial charge in [-0.1, -0.05) is 24.3 Å². The predicted octanol–water partition coefficient (Wildman–Crippen LogP) is 2.05. The third-order valence-electron chi connectivity index (χ3n) is 3.73. The van der Waals surface area contributed by atoms with Gasteiger partial charge in [-0.3, -0.25) is 5.32 Å². The Balaban J connectivity index is 2.11. The number of amides is 2. The second-order valence-electron chi connectivity index (χ2n) is 5.24. The maximum Gasteiger partial charge on any atom is 0.317 e. The number of benzene rings is 1. The number of hydrogen-bond donors (Lipinski definition) is 3. The van der Waals surface area contributed by atoms with Gasteiger partial charge in [0.1, 0.15) is 5.82 Å². The van der Waals surface area contributed by atoms with Crippen molar-refractivity contribution in [2.45, 2.75) is 13.3 Å². The number of nitrogens with two attached hydrogens (primary N) is 1. The van der Waals surface area contributed by atoms with E-state index in [9.17, 15) is 4.79 Å². The number of para-hydroxylation sites is 1. The number of hydrogen-bond acceptors (Lipinski definition) is 3. The molecule has 22 heavy (non-hydrogen) atoms. The molecule has 4 N–H and O–H groups in total. The molecule has 0 radical (unpaired) electrons. The van der Waals surface area contributed by atoms with E-state index in [-0.39, 0.29) is 0 Å². The van der Waals surface area contributed by atoms with Crippen molar-refractivity contribution in [1.82, 2.24) is 15.1 Å². The second kappa shape index (κ2) is 6.03. The highest BCUT2D eigenvalue weighted by Gasteiger charge is 2.20. The predicted molar refractivity (Wildman–Crippen MR) is 87.0 cm³/mol. The molecule has 6 heteroatoms. The average Bonchev–Trinajstić information content (AvgIpc) is 2.86. The van der Waals surface area contributed by atoms with Crippen molar-refractivity contribution in [2.24, 2.45) is 5.73 Å². The summed E-state index contributed by atoms with van der Waals surface area (Å²) in [6, 6.07) is 9.11. The molecule has 0 aliphatic carbocycles. The zero-order valence-corrected chi connectivity index (χ0v) is 12.5. The zero-order chi connectivity index (χ0) is 15.5. The first kappa shape index (κ1) is 14.3. The molecule has 0 saturated heterocycles. The Bertz CT molecular complexity index is 718. The van der Waals surface area contributed by atoms with E-state index in [1.165, 1.54) is 5.57 Å². The molecule has 2 heterocycles. The smallest absolute Gasteiger partial charge is 0.317 e. The second-order valence-corrected chi connectivity index (χ2v) is 5.24.